The third kappa shape index (κ3) is 52.8. The number of hydrogen-bond donors (Lipinski definition) is 3. The third-order valence-corrected chi connectivity index (χ3v) is 9.53. The number of unbranched alkanes of at least 4 members (excludes halogenated alkanes) is 30. The van der Waals surface area contributed by atoms with Gasteiger partial charge in [-0.25, -0.2) is 4.57 Å². The lowest BCUT2D eigenvalue weighted by Gasteiger charge is -2.06. The van der Waals surface area contributed by atoms with E-state index in [1.54, 1.807) is 0 Å². The van der Waals surface area contributed by atoms with Crippen molar-refractivity contribution in [3.05, 3.63) is 0 Å². The molecular weight excluding hydrogens is 623 g/mol. The van der Waals surface area contributed by atoms with Crippen molar-refractivity contribution >= 4 is 7.82 Å². The van der Waals surface area contributed by atoms with Crippen LogP contribution >= 0.6 is 7.82 Å². The average molecular weight is 709 g/mol. The number of ether oxygens (including phenoxy) is 2. The van der Waals surface area contributed by atoms with Crippen LogP contribution in [0.2, 0.25) is 0 Å². The van der Waals surface area contributed by atoms with E-state index in [-0.39, 0.29) is 26.4 Å². The predicted octanol–water partition coefficient (Wildman–Crippen LogP) is 12.6. The number of aliphatic hydroxyl groups is 1. The zero-order valence-corrected chi connectivity index (χ0v) is 33.2. The summed E-state index contributed by atoms with van der Waals surface area (Å²) in [5.41, 5.74) is 0. The second-order valence-electron chi connectivity index (χ2n) is 13.9. The Labute approximate surface area is 299 Å². The molecule has 0 aliphatic heterocycles. The Morgan fingerprint density at radius 2 is 0.604 bits per heavy atom. The number of aliphatic hydroxyl groups excluding tert-OH is 1. The molecule has 0 amide bonds. The van der Waals surface area contributed by atoms with E-state index in [9.17, 15) is 4.57 Å². The predicted molar refractivity (Wildman–Crippen MR) is 206 cm³/mol. The molecule has 0 saturated carbocycles. The van der Waals surface area contributed by atoms with Gasteiger partial charge in [-0.1, -0.05) is 206 Å². The van der Waals surface area contributed by atoms with E-state index >= 15 is 0 Å². The van der Waals surface area contributed by atoms with E-state index in [0.29, 0.717) is 0 Å². The number of phosphoric acid groups is 1. The summed E-state index contributed by atoms with van der Waals surface area (Å²) in [5.74, 6) is 0. The van der Waals surface area contributed by atoms with Crippen LogP contribution in [0.5, 0.6) is 0 Å². The molecule has 3 N–H and O–H groups in total. The molecule has 0 aromatic carbocycles. The molecule has 0 aromatic heterocycles. The summed E-state index contributed by atoms with van der Waals surface area (Å²) in [6, 6.07) is 0. The molecule has 0 fully saturated rings. The maximum absolute atomic E-state index is 10.0. The molecule has 0 aliphatic rings. The average Bonchev–Trinajstić information content (AvgIpc) is 3.06. The monoisotopic (exact) mass is 709 g/mol. The standard InChI is InChI=1S/C36H74O.C4H11O6P/c1-3-5-7-9-11-13-15-17-19-21-23-25-27-29-31-33-35-37-36-34-32-30-28-26-24-22-20-18-16-14-12-10-8-6-4-2;5-1-2-9-3-4-10-11(6,7)8/h3-36H2,1-2H3;5H,1-4H2,(H2,6,7,8). The van der Waals surface area contributed by atoms with Crippen LogP contribution in [0.4, 0.5) is 0 Å². The van der Waals surface area contributed by atoms with Gasteiger partial charge in [-0.2, -0.15) is 0 Å². The van der Waals surface area contributed by atoms with Gasteiger partial charge in [0.1, 0.15) is 0 Å². The summed E-state index contributed by atoms with van der Waals surface area (Å²) in [5, 5.41) is 8.21. The van der Waals surface area contributed by atoms with E-state index in [1.807, 2.05) is 0 Å². The Hall–Kier alpha value is -0.0100. The SMILES string of the molecule is CCCCCCCCCCCCCCCCCCOCCCCCCCCCCCCCCCCCC.O=P(O)(O)OCCOCCO. The molecule has 0 heterocycles. The third-order valence-electron chi connectivity index (χ3n) is 9.01. The number of phosphoric ester groups is 1. The minimum Gasteiger partial charge on any atom is -0.394 e. The largest absolute Gasteiger partial charge is 0.469 e. The lowest BCUT2D eigenvalue weighted by Crippen LogP contribution is -2.06. The summed E-state index contributed by atoms with van der Waals surface area (Å²) in [6.07, 6.45) is 46.0. The van der Waals surface area contributed by atoms with Crippen LogP contribution in [0.3, 0.4) is 0 Å². The van der Waals surface area contributed by atoms with Crippen molar-refractivity contribution in [1.29, 1.82) is 0 Å². The first-order valence-corrected chi connectivity index (χ1v) is 22.5. The van der Waals surface area contributed by atoms with Crippen molar-refractivity contribution in [2.24, 2.45) is 0 Å². The molecule has 0 rings (SSSR count). The number of hydrogen-bond acceptors (Lipinski definition) is 5. The first kappa shape index (κ1) is 50.1. The quantitative estimate of drug-likeness (QED) is 0.0430. The van der Waals surface area contributed by atoms with E-state index in [4.69, 9.17) is 19.6 Å². The van der Waals surface area contributed by atoms with Gasteiger partial charge in [-0.15, -0.1) is 0 Å². The van der Waals surface area contributed by atoms with Gasteiger partial charge in [0.15, 0.2) is 0 Å². The molecule has 0 atom stereocenters. The lowest BCUT2D eigenvalue weighted by atomic mass is 10.0. The van der Waals surface area contributed by atoms with Gasteiger partial charge in [0.05, 0.1) is 26.4 Å². The minimum atomic E-state index is -4.36. The normalized spacial score (nSPS) is 11.6. The van der Waals surface area contributed by atoms with E-state index < -0.39 is 7.82 Å². The fraction of sp³-hybridized carbons (Fsp3) is 1.00. The Morgan fingerprint density at radius 1 is 0.354 bits per heavy atom. The fourth-order valence-corrected chi connectivity index (χ4v) is 6.30. The highest BCUT2D eigenvalue weighted by atomic mass is 31.2. The van der Waals surface area contributed by atoms with Gasteiger partial charge in [0.2, 0.25) is 0 Å². The van der Waals surface area contributed by atoms with Gasteiger partial charge in [-0.05, 0) is 12.8 Å². The lowest BCUT2D eigenvalue weighted by molar-refractivity contribution is 0.0618. The fourth-order valence-electron chi connectivity index (χ4n) is 5.99. The molecule has 48 heavy (non-hydrogen) atoms. The molecule has 0 bridgehead atoms. The Kier molecular flexibility index (Phi) is 47.0. The molecule has 7 nitrogen and oxygen atoms in total. The summed E-state index contributed by atoms with van der Waals surface area (Å²) in [4.78, 5) is 16.3. The van der Waals surface area contributed by atoms with Gasteiger partial charge in [0.25, 0.3) is 0 Å². The Morgan fingerprint density at radius 3 is 0.854 bits per heavy atom. The van der Waals surface area contributed by atoms with Crippen molar-refractivity contribution < 1.29 is 33.5 Å². The molecule has 0 saturated heterocycles. The molecule has 0 radical (unpaired) electrons. The molecule has 292 valence electrons. The summed E-state index contributed by atoms with van der Waals surface area (Å²) in [7, 11) is -4.36. The van der Waals surface area contributed by atoms with Crippen LogP contribution in [0.1, 0.15) is 219 Å². The Bertz CT molecular complexity index is 568. The highest BCUT2D eigenvalue weighted by molar-refractivity contribution is 7.46. The molecule has 0 unspecified atom stereocenters. The highest BCUT2D eigenvalue weighted by Crippen LogP contribution is 2.35. The van der Waals surface area contributed by atoms with E-state index in [2.05, 4.69) is 23.1 Å². The van der Waals surface area contributed by atoms with Crippen molar-refractivity contribution in [3.8, 4) is 0 Å². The first-order valence-electron chi connectivity index (χ1n) is 20.9. The maximum atomic E-state index is 10.0. The molecule has 0 spiro atoms. The summed E-state index contributed by atoms with van der Waals surface area (Å²) >= 11 is 0. The van der Waals surface area contributed by atoms with Crippen LogP contribution in [0.15, 0.2) is 0 Å². The van der Waals surface area contributed by atoms with Crippen LogP contribution < -0.4 is 0 Å². The zero-order valence-electron chi connectivity index (χ0n) is 32.3. The molecular formula is C40H85O7P. The van der Waals surface area contributed by atoms with Crippen molar-refractivity contribution in [1.82, 2.24) is 0 Å². The highest BCUT2D eigenvalue weighted by Gasteiger charge is 2.12. The van der Waals surface area contributed by atoms with Crippen LogP contribution in [0.25, 0.3) is 0 Å². The molecule has 0 aliphatic carbocycles. The summed E-state index contributed by atoms with van der Waals surface area (Å²) < 4.78 is 24.6. The van der Waals surface area contributed by atoms with Gasteiger partial charge < -0.3 is 24.4 Å². The second-order valence-corrected chi connectivity index (χ2v) is 15.1. The van der Waals surface area contributed by atoms with Crippen molar-refractivity contribution in [2.75, 3.05) is 39.6 Å². The van der Waals surface area contributed by atoms with Gasteiger partial charge in [0, 0.05) is 13.2 Å². The topological polar surface area (TPSA) is 105 Å². The number of rotatable bonds is 40. The second kappa shape index (κ2) is 45.0. The minimum absolute atomic E-state index is 0.0612. The van der Waals surface area contributed by atoms with E-state index in [0.717, 1.165) is 13.2 Å². The van der Waals surface area contributed by atoms with E-state index in [1.165, 1.54) is 205 Å². The van der Waals surface area contributed by atoms with Crippen LogP contribution in [0, 0.1) is 0 Å². The summed E-state index contributed by atoms with van der Waals surface area (Å²) in [6.45, 7) is 6.51. The smallest absolute Gasteiger partial charge is 0.394 e. The molecule has 0 aromatic rings. The first-order chi connectivity index (χ1) is 23.5. The molecule has 8 heteroatoms. The maximum Gasteiger partial charge on any atom is 0.469 e. The van der Waals surface area contributed by atoms with Crippen LogP contribution in [-0.4, -0.2) is 54.5 Å². The van der Waals surface area contributed by atoms with Crippen molar-refractivity contribution in [2.45, 2.75) is 219 Å². The van der Waals surface area contributed by atoms with Gasteiger partial charge in [-0.3, -0.25) is 4.52 Å². The van der Waals surface area contributed by atoms with Crippen molar-refractivity contribution in [3.63, 3.8) is 0 Å². The van der Waals surface area contributed by atoms with Crippen LogP contribution in [-0.2, 0) is 18.6 Å². The zero-order chi connectivity index (χ0) is 35.5. The van der Waals surface area contributed by atoms with Gasteiger partial charge >= 0.3 is 7.82 Å². The Balaban J connectivity index is 0.